The van der Waals surface area contributed by atoms with Crippen LogP contribution in [-0.4, -0.2) is 27.2 Å². The minimum Gasteiger partial charge on any atom is -0.493 e. The minimum absolute atomic E-state index is 0.106. The summed E-state index contributed by atoms with van der Waals surface area (Å²) in [7, 11) is 0. The summed E-state index contributed by atoms with van der Waals surface area (Å²) in [4.78, 5) is 14.9. The van der Waals surface area contributed by atoms with Crippen LogP contribution in [0.4, 0.5) is 17.6 Å². The van der Waals surface area contributed by atoms with Crippen molar-refractivity contribution >= 4 is 5.97 Å². The Bertz CT molecular complexity index is 1090. The monoisotopic (exact) mass is 464 g/mol. The summed E-state index contributed by atoms with van der Waals surface area (Å²) < 4.78 is 60.2. The highest BCUT2D eigenvalue weighted by Gasteiger charge is 2.30. The van der Waals surface area contributed by atoms with E-state index in [2.05, 4.69) is 4.98 Å². The number of aliphatic carboxylic acids is 1. The van der Waals surface area contributed by atoms with Crippen molar-refractivity contribution in [2.75, 3.05) is 6.61 Å². The molecule has 1 heterocycles. The van der Waals surface area contributed by atoms with Gasteiger partial charge in [0.05, 0.1) is 18.7 Å². The smallest absolute Gasteiger partial charge is 0.416 e. The normalized spacial score (nSPS) is 11.5. The molecule has 1 N–H and O–H groups in total. The SMILES string of the molecule is Cc1cnc(-c2ccc(C(F)(F)F)cc2)n1Cc1cc(F)ccc1OCCCCCC(=O)O. The maximum absolute atomic E-state index is 14.0. The standard InChI is InChI=1S/C24H24F4N2O3/c1-16-14-29-23(17-6-8-19(9-7-17)24(26,27)28)30(16)15-18-13-20(25)10-11-21(18)33-12-4-2-3-5-22(31)32/h6-11,13-14H,2-5,12,15H2,1H3,(H,31,32). The Kier molecular flexibility index (Phi) is 7.73. The molecule has 5 nitrogen and oxygen atoms in total. The molecule has 0 aliphatic heterocycles. The van der Waals surface area contributed by atoms with E-state index in [9.17, 15) is 22.4 Å². The van der Waals surface area contributed by atoms with Gasteiger partial charge in [-0.1, -0.05) is 12.1 Å². The van der Waals surface area contributed by atoms with Gasteiger partial charge in [-0.2, -0.15) is 13.2 Å². The van der Waals surface area contributed by atoms with Crippen LogP contribution in [0.25, 0.3) is 11.4 Å². The second-order valence-electron chi connectivity index (χ2n) is 7.69. The van der Waals surface area contributed by atoms with E-state index in [0.29, 0.717) is 48.6 Å². The van der Waals surface area contributed by atoms with Crippen molar-refractivity contribution in [1.29, 1.82) is 0 Å². The Hall–Kier alpha value is -3.36. The molecule has 0 spiro atoms. The van der Waals surface area contributed by atoms with Gasteiger partial charge < -0.3 is 14.4 Å². The van der Waals surface area contributed by atoms with Gasteiger partial charge in [-0.3, -0.25) is 4.79 Å². The minimum atomic E-state index is -4.43. The van der Waals surface area contributed by atoms with Crippen LogP contribution in [0.5, 0.6) is 5.75 Å². The molecule has 2 aromatic carbocycles. The average molecular weight is 464 g/mol. The third kappa shape index (κ3) is 6.57. The Morgan fingerprint density at radius 1 is 1.09 bits per heavy atom. The van der Waals surface area contributed by atoms with E-state index in [1.54, 1.807) is 10.8 Å². The van der Waals surface area contributed by atoms with Gasteiger partial charge in [0.1, 0.15) is 17.4 Å². The zero-order valence-corrected chi connectivity index (χ0v) is 18.0. The van der Waals surface area contributed by atoms with Gasteiger partial charge in [0, 0.05) is 29.4 Å². The van der Waals surface area contributed by atoms with Crippen molar-refractivity contribution in [3.05, 3.63) is 71.3 Å². The van der Waals surface area contributed by atoms with Crippen LogP contribution in [0.2, 0.25) is 0 Å². The molecule has 176 valence electrons. The first-order valence-corrected chi connectivity index (χ1v) is 10.5. The molecule has 0 saturated heterocycles. The fourth-order valence-electron chi connectivity index (χ4n) is 3.42. The molecule has 3 aromatic rings. The van der Waals surface area contributed by atoms with E-state index in [1.165, 1.54) is 30.3 Å². The largest absolute Gasteiger partial charge is 0.493 e. The first-order valence-electron chi connectivity index (χ1n) is 10.5. The van der Waals surface area contributed by atoms with Crippen LogP contribution < -0.4 is 4.74 Å². The molecule has 0 saturated carbocycles. The number of carbonyl (C=O) groups is 1. The number of aryl methyl sites for hydroxylation is 1. The maximum atomic E-state index is 14.0. The number of hydrogen-bond donors (Lipinski definition) is 1. The zero-order chi connectivity index (χ0) is 24.0. The van der Waals surface area contributed by atoms with Gasteiger partial charge in [-0.05, 0) is 56.5 Å². The maximum Gasteiger partial charge on any atom is 0.416 e. The number of nitrogens with zero attached hydrogens (tertiary/aromatic N) is 2. The van der Waals surface area contributed by atoms with Gasteiger partial charge in [-0.25, -0.2) is 9.37 Å². The van der Waals surface area contributed by atoms with Gasteiger partial charge in [0.25, 0.3) is 0 Å². The van der Waals surface area contributed by atoms with E-state index in [-0.39, 0.29) is 13.0 Å². The summed E-state index contributed by atoms with van der Waals surface area (Å²) in [5.41, 5.74) is 1.09. The molecular formula is C24H24F4N2O3. The summed E-state index contributed by atoms with van der Waals surface area (Å²) in [5, 5.41) is 8.68. The van der Waals surface area contributed by atoms with Crippen LogP contribution in [0.3, 0.4) is 0 Å². The second kappa shape index (κ2) is 10.5. The molecule has 0 bridgehead atoms. The van der Waals surface area contributed by atoms with Crippen LogP contribution in [0.1, 0.15) is 42.5 Å². The van der Waals surface area contributed by atoms with Crippen molar-refractivity contribution < 1.29 is 32.2 Å². The summed E-state index contributed by atoms with van der Waals surface area (Å²) >= 11 is 0. The number of carboxylic acid groups (broad SMARTS) is 1. The Balaban J connectivity index is 1.76. The highest BCUT2D eigenvalue weighted by molar-refractivity contribution is 5.66. The number of imidazole rings is 1. The summed E-state index contributed by atoms with van der Waals surface area (Å²) in [5.74, 6) is -0.324. The van der Waals surface area contributed by atoms with E-state index in [0.717, 1.165) is 17.8 Å². The fraction of sp³-hybridized carbons (Fsp3) is 0.333. The molecule has 1 aromatic heterocycles. The molecule has 0 unspecified atom stereocenters. The van der Waals surface area contributed by atoms with Crippen LogP contribution in [0.15, 0.2) is 48.7 Å². The molecule has 0 atom stereocenters. The third-order valence-electron chi connectivity index (χ3n) is 5.17. The molecule has 3 rings (SSSR count). The number of halogens is 4. The fourth-order valence-corrected chi connectivity index (χ4v) is 3.42. The molecular weight excluding hydrogens is 440 g/mol. The first-order chi connectivity index (χ1) is 15.6. The molecule has 9 heteroatoms. The number of unbranched alkanes of at least 4 members (excludes halogenated alkanes) is 2. The van der Waals surface area contributed by atoms with Crippen molar-refractivity contribution in [3.63, 3.8) is 0 Å². The zero-order valence-electron chi connectivity index (χ0n) is 18.0. The van der Waals surface area contributed by atoms with Crippen LogP contribution in [0, 0.1) is 12.7 Å². The molecule has 33 heavy (non-hydrogen) atoms. The van der Waals surface area contributed by atoms with Crippen molar-refractivity contribution in [3.8, 4) is 17.1 Å². The van der Waals surface area contributed by atoms with Crippen LogP contribution in [-0.2, 0) is 17.5 Å². The number of aromatic nitrogens is 2. The molecule has 0 radical (unpaired) electrons. The number of ether oxygens (including phenoxy) is 1. The summed E-state index contributed by atoms with van der Waals surface area (Å²) in [6.45, 7) is 2.38. The number of rotatable bonds is 10. The highest BCUT2D eigenvalue weighted by atomic mass is 19.4. The predicted molar refractivity (Wildman–Crippen MR) is 115 cm³/mol. The quantitative estimate of drug-likeness (QED) is 0.291. The van der Waals surface area contributed by atoms with E-state index < -0.39 is 23.5 Å². The molecule has 0 amide bonds. The summed E-state index contributed by atoms with van der Waals surface area (Å²) in [6, 6.07) is 8.92. The van der Waals surface area contributed by atoms with Crippen molar-refractivity contribution in [2.24, 2.45) is 0 Å². The first kappa shape index (κ1) is 24.3. The second-order valence-corrected chi connectivity index (χ2v) is 7.69. The van der Waals surface area contributed by atoms with Crippen molar-refractivity contribution in [2.45, 2.75) is 45.3 Å². The Morgan fingerprint density at radius 3 is 2.48 bits per heavy atom. The van der Waals surface area contributed by atoms with E-state index >= 15 is 0 Å². The van der Waals surface area contributed by atoms with Crippen molar-refractivity contribution in [1.82, 2.24) is 9.55 Å². The predicted octanol–water partition coefficient (Wildman–Crippen LogP) is 6.09. The molecule has 0 fully saturated rings. The number of carboxylic acids is 1. The lowest BCUT2D eigenvalue weighted by atomic mass is 10.1. The lowest BCUT2D eigenvalue weighted by molar-refractivity contribution is -0.138. The van der Waals surface area contributed by atoms with Gasteiger partial charge in [-0.15, -0.1) is 0 Å². The van der Waals surface area contributed by atoms with Gasteiger partial charge in [0.15, 0.2) is 0 Å². The number of alkyl halides is 3. The molecule has 0 aliphatic rings. The number of hydrogen-bond acceptors (Lipinski definition) is 3. The lowest BCUT2D eigenvalue weighted by Crippen LogP contribution is -2.08. The van der Waals surface area contributed by atoms with Gasteiger partial charge >= 0.3 is 12.1 Å². The van der Waals surface area contributed by atoms with E-state index in [1.807, 2.05) is 6.92 Å². The van der Waals surface area contributed by atoms with Gasteiger partial charge in [0.2, 0.25) is 0 Å². The Morgan fingerprint density at radius 2 is 1.82 bits per heavy atom. The number of benzene rings is 2. The average Bonchev–Trinajstić information content (AvgIpc) is 3.11. The molecule has 0 aliphatic carbocycles. The highest BCUT2D eigenvalue weighted by Crippen LogP contribution is 2.31. The topological polar surface area (TPSA) is 64.4 Å². The lowest BCUT2D eigenvalue weighted by Gasteiger charge is -2.15. The summed E-state index contributed by atoms with van der Waals surface area (Å²) in [6.07, 6.45) is -0.804. The van der Waals surface area contributed by atoms with E-state index in [4.69, 9.17) is 9.84 Å². The third-order valence-corrected chi connectivity index (χ3v) is 5.17. The Labute approximate surface area is 188 Å². The van der Waals surface area contributed by atoms with Crippen LogP contribution >= 0.6 is 0 Å².